The van der Waals surface area contributed by atoms with Crippen LogP contribution in [0.4, 0.5) is 0 Å². The first-order chi connectivity index (χ1) is 8.65. The second kappa shape index (κ2) is 5.72. The highest BCUT2D eigenvalue weighted by Gasteiger charge is 2.42. The van der Waals surface area contributed by atoms with E-state index in [1.165, 1.54) is 5.56 Å². The second-order valence-corrected chi connectivity index (χ2v) is 5.21. The number of hydrogen-bond donors (Lipinski definition) is 1. The summed E-state index contributed by atoms with van der Waals surface area (Å²) >= 11 is 0. The fourth-order valence-corrected chi connectivity index (χ4v) is 2.42. The molecular weight excluding hydrogens is 226 g/mol. The molecule has 0 aliphatic heterocycles. The maximum absolute atomic E-state index is 6.01. The molecule has 0 spiro atoms. The number of ether oxygens (including phenoxy) is 2. The quantitative estimate of drug-likeness (QED) is 0.870. The van der Waals surface area contributed by atoms with E-state index in [-0.39, 0.29) is 12.2 Å². The Morgan fingerprint density at radius 3 is 2.72 bits per heavy atom. The van der Waals surface area contributed by atoms with E-state index in [4.69, 9.17) is 9.47 Å². The maximum Gasteiger partial charge on any atom is 0.128 e. The number of likely N-dealkylation sites (N-methyl/N-ethyl adjacent to an activating group) is 1. The van der Waals surface area contributed by atoms with Crippen molar-refractivity contribution in [1.82, 2.24) is 5.32 Å². The van der Waals surface area contributed by atoms with Crippen molar-refractivity contribution in [1.29, 1.82) is 0 Å². The second-order valence-electron chi connectivity index (χ2n) is 5.21. The van der Waals surface area contributed by atoms with Crippen LogP contribution in [-0.2, 0) is 4.74 Å². The minimum atomic E-state index is 0.151. The van der Waals surface area contributed by atoms with Crippen molar-refractivity contribution in [3.05, 3.63) is 29.8 Å². The van der Waals surface area contributed by atoms with Gasteiger partial charge in [0.1, 0.15) is 18.0 Å². The Balaban J connectivity index is 2.00. The van der Waals surface area contributed by atoms with Gasteiger partial charge in [-0.15, -0.1) is 0 Å². The third-order valence-electron chi connectivity index (χ3n) is 3.70. The SMILES string of the molecule is CNC1CC(Oc2cccc(C(C)C)c2)C1OC. The lowest BCUT2D eigenvalue weighted by atomic mass is 9.85. The molecule has 3 nitrogen and oxygen atoms in total. The number of nitrogens with one attached hydrogen (secondary N) is 1. The van der Waals surface area contributed by atoms with Crippen molar-refractivity contribution < 1.29 is 9.47 Å². The lowest BCUT2D eigenvalue weighted by Gasteiger charge is -2.43. The van der Waals surface area contributed by atoms with Crippen LogP contribution in [0.25, 0.3) is 0 Å². The van der Waals surface area contributed by atoms with Gasteiger partial charge in [-0.3, -0.25) is 0 Å². The Morgan fingerprint density at radius 1 is 1.33 bits per heavy atom. The molecule has 1 aliphatic rings. The van der Waals surface area contributed by atoms with Crippen LogP contribution in [0.5, 0.6) is 5.75 Å². The molecule has 3 atom stereocenters. The van der Waals surface area contributed by atoms with E-state index in [1.54, 1.807) is 7.11 Å². The molecule has 100 valence electrons. The third-order valence-corrected chi connectivity index (χ3v) is 3.70. The summed E-state index contributed by atoms with van der Waals surface area (Å²) in [5.74, 6) is 1.47. The summed E-state index contributed by atoms with van der Waals surface area (Å²) in [6.07, 6.45) is 1.31. The summed E-state index contributed by atoms with van der Waals surface area (Å²) < 4.78 is 11.5. The van der Waals surface area contributed by atoms with Crippen molar-refractivity contribution >= 4 is 0 Å². The molecule has 0 bridgehead atoms. The Labute approximate surface area is 109 Å². The largest absolute Gasteiger partial charge is 0.488 e. The van der Waals surface area contributed by atoms with Crippen LogP contribution in [0.1, 0.15) is 31.7 Å². The molecule has 0 saturated heterocycles. The van der Waals surface area contributed by atoms with Gasteiger partial charge in [0.25, 0.3) is 0 Å². The smallest absolute Gasteiger partial charge is 0.128 e. The highest BCUT2D eigenvalue weighted by Crippen LogP contribution is 2.29. The van der Waals surface area contributed by atoms with E-state index in [0.29, 0.717) is 12.0 Å². The van der Waals surface area contributed by atoms with Gasteiger partial charge in [-0.2, -0.15) is 0 Å². The molecule has 1 fully saturated rings. The van der Waals surface area contributed by atoms with E-state index in [1.807, 2.05) is 13.1 Å². The standard InChI is InChI=1S/C15H23NO2/c1-10(2)11-6-5-7-12(8-11)18-14-9-13(16-3)15(14)17-4/h5-8,10,13-16H,9H2,1-4H3. The monoisotopic (exact) mass is 249 g/mol. The summed E-state index contributed by atoms with van der Waals surface area (Å²) in [5.41, 5.74) is 1.31. The van der Waals surface area contributed by atoms with Crippen LogP contribution in [0.2, 0.25) is 0 Å². The van der Waals surface area contributed by atoms with Gasteiger partial charge >= 0.3 is 0 Å². The number of methoxy groups -OCH3 is 1. The molecular formula is C15H23NO2. The summed E-state index contributed by atoms with van der Waals surface area (Å²) in [7, 11) is 3.71. The van der Waals surface area contributed by atoms with Crippen molar-refractivity contribution in [2.75, 3.05) is 14.2 Å². The van der Waals surface area contributed by atoms with Gasteiger partial charge in [0.2, 0.25) is 0 Å². The highest BCUT2D eigenvalue weighted by atomic mass is 16.5. The van der Waals surface area contributed by atoms with Gasteiger partial charge in [0.05, 0.1) is 0 Å². The highest BCUT2D eigenvalue weighted by molar-refractivity contribution is 5.30. The predicted octanol–water partition coefficient (Wildman–Crippen LogP) is 2.56. The van der Waals surface area contributed by atoms with Crippen LogP contribution in [-0.4, -0.2) is 32.4 Å². The van der Waals surface area contributed by atoms with E-state index < -0.39 is 0 Å². The Kier molecular flexibility index (Phi) is 4.25. The van der Waals surface area contributed by atoms with Gasteiger partial charge in [0, 0.05) is 19.6 Å². The molecule has 1 N–H and O–H groups in total. The van der Waals surface area contributed by atoms with Gasteiger partial charge in [-0.05, 0) is 30.7 Å². The minimum Gasteiger partial charge on any atom is -0.488 e. The molecule has 0 amide bonds. The third kappa shape index (κ3) is 2.68. The first kappa shape index (κ1) is 13.4. The molecule has 1 aromatic rings. The topological polar surface area (TPSA) is 30.5 Å². The van der Waals surface area contributed by atoms with Crippen LogP contribution in [0, 0.1) is 0 Å². The average molecular weight is 249 g/mol. The maximum atomic E-state index is 6.01. The van der Waals surface area contributed by atoms with Gasteiger partial charge in [0.15, 0.2) is 0 Å². The first-order valence-corrected chi connectivity index (χ1v) is 6.62. The zero-order chi connectivity index (χ0) is 13.1. The van der Waals surface area contributed by atoms with E-state index >= 15 is 0 Å². The molecule has 1 saturated carbocycles. The predicted molar refractivity (Wildman–Crippen MR) is 73.2 cm³/mol. The molecule has 2 rings (SSSR count). The van der Waals surface area contributed by atoms with E-state index in [0.717, 1.165) is 12.2 Å². The number of benzene rings is 1. The van der Waals surface area contributed by atoms with E-state index in [9.17, 15) is 0 Å². The molecule has 3 heteroatoms. The summed E-state index contributed by atoms with van der Waals surface area (Å²) in [6.45, 7) is 4.38. The lowest BCUT2D eigenvalue weighted by molar-refractivity contribution is -0.0869. The number of rotatable bonds is 5. The van der Waals surface area contributed by atoms with Crippen LogP contribution >= 0.6 is 0 Å². The molecule has 0 heterocycles. The Hall–Kier alpha value is -1.06. The molecule has 3 unspecified atom stereocenters. The normalized spacial score (nSPS) is 27.1. The Morgan fingerprint density at radius 2 is 2.11 bits per heavy atom. The lowest BCUT2D eigenvalue weighted by Crippen LogP contribution is -2.60. The van der Waals surface area contributed by atoms with Crippen LogP contribution in [0.15, 0.2) is 24.3 Å². The van der Waals surface area contributed by atoms with Crippen LogP contribution in [0.3, 0.4) is 0 Å². The average Bonchev–Trinajstić information content (AvgIpc) is 2.34. The zero-order valence-electron chi connectivity index (χ0n) is 11.6. The number of hydrogen-bond acceptors (Lipinski definition) is 3. The molecule has 18 heavy (non-hydrogen) atoms. The molecule has 0 radical (unpaired) electrons. The van der Waals surface area contributed by atoms with Crippen LogP contribution < -0.4 is 10.1 Å². The summed E-state index contributed by atoms with van der Waals surface area (Å²) in [5, 5.41) is 3.24. The minimum absolute atomic E-state index is 0.151. The summed E-state index contributed by atoms with van der Waals surface area (Å²) in [6, 6.07) is 8.76. The van der Waals surface area contributed by atoms with Gasteiger partial charge < -0.3 is 14.8 Å². The molecule has 1 aromatic carbocycles. The van der Waals surface area contributed by atoms with E-state index in [2.05, 4.69) is 37.4 Å². The van der Waals surface area contributed by atoms with Gasteiger partial charge in [-0.1, -0.05) is 26.0 Å². The van der Waals surface area contributed by atoms with Gasteiger partial charge in [-0.25, -0.2) is 0 Å². The fourth-order valence-electron chi connectivity index (χ4n) is 2.42. The fraction of sp³-hybridized carbons (Fsp3) is 0.600. The molecule has 1 aliphatic carbocycles. The Bertz CT molecular complexity index is 392. The van der Waals surface area contributed by atoms with Crippen molar-refractivity contribution in [2.45, 2.75) is 44.4 Å². The summed E-state index contributed by atoms with van der Waals surface area (Å²) in [4.78, 5) is 0. The molecule has 0 aromatic heterocycles. The first-order valence-electron chi connectivity index (χ1n) is 6.62. The van der Waals surface area contributed by atoms with Crippen molar-refractivity contribution in [2.24, 2.45) is 0 Å². The van der Waals surface area contributed by atoms with Crippen molar-refractivity contribution in [3.63, 3.8) is 0 Å². The zero-order valence-corrected chi connectivity index (χ0v) is 11.6. The van der Waals surface area contributed by atoms with Crippen molar-refractivity contribution in [3.8, 4) is 5.75 Å².